The van der Waals surface area contributed by atoms with Crippen LogP contribution in [-0.2, 0) is 19.0 Å². The minimum atomic E-state index is -1.29. The molecule has 0 amide bonds. The predicted octanol–water partition coefficient (Wildman–Crippen LogP) is 1.23. The molecule has 0 aromatic heterocycles. The van der Waals surface area contributed by atoms with Gasteiger partial charge in [0.05, 0.1) is 19.6 Å². The fourth-order valence-corrected chi connectivity index (χ4v) is 1.45. The van der Waals surface area contributed by atoms with E-state index in [0.717, 1.165) is 0 Å². The lowest BCUT2D eigenvalue weighted by Crippen LogP contribution is -2.52. The maximum atomic E-state index is 11.6. The maximum absolute atomic E-state index is 11.6. The number of hydrogen-bond donors (Lipinski definition) is 1. The Hall–Kier alpha value is -0.650. The summed E-state index contributed by atoms with van der Waals surface area (Å²) in [6.45, 7) is 9.02. The van der Waals surface area contributed by atoms with Crippen LogP contribution in [0.25, 0.3) is 0 Å². The molecule has 100 valence electrons. The van der Waals surface area contributed by atoms with E-state index < -0.39 is 23.0 Å². The number of carbonyl (C=O) groups is 1. The molecule has 0 aliphatic carbocycles. The number of carbonyl (C=O) groups excluding carboxylic acids is 1. The van der Waals surface area contributed by atoms with Crippen LogP contribution in [0.2, 0.25) is 0 Å². The monoisotopic (exact) mass is 246 g/mol. The maximum Gasteiger partial charge on any atom is 0.309 e. The zero-order valence-corrected chi connectivity index (χ0v) is 11.2. The molecule has 1 heterocycles. The molecule has 5 nitrogen and oxygen atoms in total. The van der Waals surface area contributed by atoms with Gasteiger partial charge in [0.1, 0.15) is 11.2 Å². The van der Waals surface area contributed by atoms with Crippen molar-refractivity contribution in [3.63, 3.8) is 0 Å². The minimum Gasteiger partial charge on any atom is -0.460 e. The van der Waals surface area contributed by atoms with Gasteiger partial charge in [0.25, 0.3) is 0 Å². The Kier molecular flexibility index (Phi) is 3.86. The third-order valence-electron chi connectivity index (χ3n) is 2.27. The highest BCUT2D eigenvalue weighted by Crippen LogP contribution is 2.26. The average Bonchev–Trinajstić information content (AvgIpc) is 2.08. The summed E-state index contributed by atoms with van der Waals surface area (Å²) in [5.41, 5.74) is -1.85. The molecule has 1 aliphatic rings. The first-order valence-corrected chi connectivity index (χ1v) is 5.74. The first-order valence-electron chi connectivity index (χ1n) is 5.74. The molecular weight excluding hydrogens is 224 g/mol. The van der Waals surface area contributed by atoms with Crippen molar-refractivity contribution < 1.29 is 24.1 Å². The lowest BCUT2D eigenvalue weighted by molar-refractivity contribution is -0.302. The molecule has 1 saturated heterocycles. The smallest absolute Gasteiger partial charge is 0.309 e. The lowest BCUT2D eigenvalue weighted by Gasteiger charge is -2.40. The Morgan fingerprint density at radius 3 is 2.18 bits per heavy atom. The van der Waals surface area contributed by atoms with Gasteiger partial charge in [-0.25, -0.2) is 0 Å². The standard InChI is InChI=1S/C12H22O5/c1-10(2,3)17-9(13)6-12(14)7-15-11(4,5)16-8-12/h14H,6-8H2,1-5H3. The highest BCUT2D eigenvalue weighted by atomic mass is 16.7. The molecule has 1 aliphatic heterocycles. The Morgan fingerprint density at radius 2 is 1.76 bits per heavy atom. The molecule has 0 spiro atoms. The molecule has 1 rings (SSSR count). The van der Waals surface area contributed by atoms with Crippen molar-refractivity contribution in [3.8, 4) is 0 Å². The van der Waals surface area contributed by atoms with E-state index in [0.29, 0.717) is 0 Å². The van der Waals surface area contributed by atoms with Crippen LogP contribution in [0.4, 0.5) is 0 Å². The van der Waals surface area contributed by atoms with Crippen molar-refractivity contribution in [2.45, 2.75) is 58.0 Å². The van der Waals surface area contributed by atoms with Crippen LogP contribution in [-0.4, -0.2) is 41.3 Å². The first kappa shape index (κ1) is 14.4. The molecule has 0 bridgehead atoms. The number of ether oxygens (including phenoxy) is 3. The summed E-state index contributed by atoms with van der Waals surface area (Å²) in [5, 5.41) is 10.1. The lowest BCUT2D eigenvalue weighted by atomic mass is 10.0. The van der Waals surface area contributed by atoms with Crippen LogP contribution >= 0.6 is 0 Å². The largest absolute Gasteiger partial charge is 0.460 e. The number of rotatable bonds is 2. The summed E-state index contributed by atoms with van der Waals surface area (Å²) in [7, 11) is 0. The highest BCUT2D eigenvalue weighted by Gasteiger charge is 2.41. The SMILES string of the molecule is CC(C)(C)OC(=O)CC1(O)COC(C)(C)OC1. The van der Waals surface area contributed by atoms with Crippen LogP contribution in [0.15, 0.2) is 0 Å². The Morgan fingerprint density at radius 1 is 1.29 bits per heavy atom. The van der Waals surface area contributed by atoms with Crippen molar-refractivity contribution in [1.82, 2.24) is 0 Å². The van der Waals surface area contributed by atoms with Crippen molar-refractivity contribution in [2.24, 2.45) is 0 Å². The molecule has 0 aromatic rings. The van der Waals surface area contributed by atoms with Crippen LogP contribution in [0.3, 0.4) is 0 Å². The van der Waals surface area contributed by atoms with Gasteiger partial charge in [0.2, 0.25) is 0 Å². The zero-order valence-electron chi connectivity index (χ0n) is 11.2. The molecule has 0 unspecified atom stereocenters. The Bertz CT molecular complexity index is 280. The molecule has 0 radical (unpaired) electrons. The third kappa shape index (κ3) is 5.02. The normalized spacial score (nSPS) is 23.2. The molecule has 0 aromatic carbocycles. The summed E-state index contributed by atoms with van der Waals surface area (Å²) in [5.74, 6) is -1.16. The van der Waals surface area contributed by atoms with E-state index >= 15 is 0 Å². The van der Waals surface area contributed by atoms with Gasteiger partial charge in [-0.15, -0.1) is 0 Å². The second kappa shape index (κ2) is 4.55. The van der Waals surface area contributed by atoms with Gasteiger partial charge in [0, 0.05) is 0 Å². The van der Waals surface area contributed by atoms with E-state index in [1.165, 1.54) is 0 Å². The van der Waals surface area contributed by atoms with E-state index in [1.54, 1.807) is 34.6 Å². The quantitative estimate of drug-likeness (QED) is 0.742. The van der Waals surface area contributed by atoms with Gasteiger partial charge >= 0.3 is 5.97 Å². The van der Waals surface area contributed by atoms with E-state index in [1.807, 2.05) is 0 Å². The molecule has 5 heteroatoms. The van der Waals surface area contributed by atoms with Gasteiger partial charge in [0.15, 0.2) is 5.79 Å². The Balaban J connectivity index is 2.49. The third-order valence-corrected chi connectivity index (χ3v) is 2.27. The van der Waals surface area contributed by atoms with E-state index in [9.17, 15) is 9.90 Å². The second-order valence-corrected chi connectivity index (χ2v) is 5.96. The highest BCUT2D eigenvalue weighted by molar-refractivity contribution is 5.71. The molecule has 0 saturated carbocycles. The summed E-state index contributed by atoms with van der Waals surface area (Å²) < 4.78 is 15.8. The number of aliphatic hydroxyl groups is 1. The van der Waals surface area contributed by atoms with Crippen molar-refractivity contribution in [3.05, 3.63) is 0 Å². The topological polar surface area (TPSA) is 65.0 Å². The number of hydrogen-bond acceptors (Lipinski definition) is 5. The van der Waals surface area contributed by atoms with Crippen LogP contribution in [0.5, 0.6) is 0 Å². The summed E-state index contributed by atoms with van der Waals surface area (Å²) in [4.78, 5) is 11.6. The fraction of sp³-hybridized carbons (Fsp3) is 0.917. The minimum absolute atomic E-state index is 0.0687. The van der Waals surface area contributed by atoms with Crippen LogP contribution in [0, 0.1) is 0 Å². The number of esters is 1. The van der Waals surface area contributed by atoms with E-state index in [2.05, 4.69) is 0 Å². The van der Waals surface area contributed by atoms with Gasteiger partial charge in [-0.1, -0.05) is 0 Å². The first-order chi connectivity index (χ1) is 7.52. The molecule has 17 heavy (non-hydrogen) atoms. The van der Waals surface area contributed by atoms with Crippen molar-refractivity contribution >= 4 is 5.97 Å². The van der Waals surface area contributed by atoms with Gasteiger partial charge in [-0.2, -0.15) is 0 Å². The molecular formula is C12H22O5. The fourth-order valence-electron chi connectivity index (χ4n) is 1.45. The van der Waals surface area contributed by atoms with Crippen molar-refractivity contribution in [1.29, 1.82) is 0 Å². The van der Waals surface area contributed by atoms with Crippen molar-refractivity contribution in [2.75, 3.05) is 13.2 Å². The summed E-state index contributed by atoms with van der Waals surface area (Å²) >= 11 is 0. The summed E-state index contributed by atoms with van der Waals surface area (Å²) in [6, 6.07) is 0. The Labute approximate surface area is 102 Å². The van der Waals surface area contributed by atoms with Crippen LogP contribution in [0.1, 0.15) is 41.0 Å². The van der Waals surface area contributed by atoms with E-state index in [-0.39, 0.29) is 19.6 Å². The van der Waals surface area contributed by atoms with Gasteiger partial charge in [-0.3, -0.25) is 4.79 Å². The molecule has 0 atom stereocenters. The predicted molar refractivity (Wildman–Crippen MR) is 61.4 cm³/mol. The van der Waals surface area contributed by atoms with Crippen LogP contribution < -0.4 is 0 Å². The average molecular weight is 246 g/mol. The molecule has 1 fully saturated rings. The molecule has 1 N–H and O–H groups in total. The zero-order chi connectivity index (χ0) is 13.3. The summed E-state index contributed by atoms with van der Waals surface area (Å²) in [6.07, 6.45) is -0.125. The van der Waals surface area contributed by atoms with Gasteiger partial charge < -0.3 is 19.3 Å². The second-order valence-electron chi connectivity index (χ2n) is 5.96. The van der Waals surface area contributed by atoms with E-state index in [4.69, 9.17) is 14.2 Å². The van der Waals surface area contributed by atoms with Gasteiger partial charge in [-0.05, 0) is 34.6 Å².